The highest BCUT2D eigenvalue weighted by Gasteiger charge is 2.19. The predicted octanol–water partition coefficient (Wildman–Crippen LogP) is 3.14. The van der Waals surface area contributed by atoms with Gasteiger partial charge in [0.2, 0.25) is 5.95 Å². The Labute approximate surface area is 158 Å². The van der Waals surface area contributed by atoms with Gasteiger partial charge in [-0.05, 0) is 18.6 Å². The Bertz CT molecular complexity index is 995. The van der Waals surface area contributed by atoms with E-state index in [0.29, 0.717) is 11.3 Å². The molecule has 11 heteroatoms. The van der Waals surface area contributed by atoms with Crippen molar-refractivity contribution in [2.45, 2.75) is 13.0 Å². The Morgan fingerprint density at radius 2 is 2.15 bits per heavy atom. The van der Waals surface area contributed by atoms with Crippen molar-refractivity contribution in [1.82, 2.24) is 30.0 Å². The number of rotatable bonds is 5. The van der Waals surface area contributed by atoms with Crippen LogP contribution in [0.1, 0.15) is 18.5 Å². The normalized spacial score (nSPS) is 11.9. The summed E-state index contributed by atoms with van der Waals surface area (Å²) >= 11 is 6.09. The molecule has 0 aliphatic rings. The van der Waals surface area contributed by atoms with Crippen molar-refractivity contribution < 1.29 is 14.3 Å². The smallest absolute Gasteiger partial charge is 0.405 e. The first-order valence-corrected chi connectivity index (χ1v) is 8.15. The van der Waals surface area contributed by atoms with Gasteiger partial charge in [0.25, 0.3) is 0 Å². The van der Waals surface area contributed by atoms with Crippen LogP contribution < -0.4 is 10.6 Å². The van der Waals surface area contributed by atoms with Gasteiger partial charge in [-0.25, -0.2) is 19.2 Å². The van der Waals surface area contributed by atoms with Gasteiger partial charge in [-0.15, -0.1) is 0 Å². The number of carbonyl (C=O) groups is 1. The van der Waals surface area contributed by atoms with Crippen LogP contribution in [0.15, 0.2) is 30.9 Å². The Balaban J connectivity index is 1.91. The van der Waals surface area contributed by atoms with Gasteiger partial charge < -0.3 is 15.7 Å². The van der Waals surface area contributed by atoms with Crippen molar-refractivity contribution in [3.8, 4) is 11.4 Å². The minimum absolute atomic E-state index is 0.0721. The number of hydrogen-bond acceptors (Lipinski definition) is 6. The average molecular weight is 392 g/mol. The van der Waals surface area contributed by atoms with Crippen molar-refractivity contribution in [2.24, 2.45) is 7.05 Å². The number of aromatic nitrogens is 5. The minimum atomic E-state index is -1.23. The molecule has 3 rings (SSSR count). The molecule has 3 N–H and O–H groups in total. The van der Waals surface area contributed by atoms with Gasteiger partial charge in [0.15, 0.2) is 11.6 Å². The third-order valence-electron chi connectivity index (χ3n) is 3.69. The van der Waals surface area contributed by atoms with Crippen molar-refractivity contribution in [1.29, 1.82) is 0 Å². The topological polar surface area (TPSA) is 118 Å². The van der Waals surface area contributed by atoms with Crippen molar-refractivity contribution >= 4 is 29.3 Å². The predicted molar refractivity (Wildman–Crippen MR) is 96.3 cm³/mol. The molecule has 0 saturated heterocycles. The summed E-state index contributed by atoms with van der Waals surface area (Å²) in [6, 6.07) is 2.29. The van der Waals surface area contributed by atoms with Crippen LogP contribution in [-0.4, -0.2) is 35.9 Å². The highest BCUT2D eigenvalue weighted by molar-refractivity contribution is 6.31. The van der Waals surface area contributed by atoms with E-state index in [2.05, 4.69) is 30.7 Å². The Morgan fingerprint density at radius 1 is 1.37 bits per heavy atom. The fourth-order valence-electron chi connectivity index (χ4n) is 2.44. The van der Waals surface area contributed by atoms with Gasteiger partial charge in [0, 0.05) is 13.2 Å². The lowest BCUT2D eigenvalue weighted by Crippen LogP contribution is -2.24. The summed E-state index contributed by atoms with van der Waals surface area (Å²) in [5.74, 6) is -0.443. The quantitative estimate of drug-likeness (QED) is 0.611. The second-order valence-corrected chi connectivity index (χ2v) is 6.04. The first-order chi connectivity index (χ1) is 12.8. The number of hydrogen-bond donors (Lipinski definition) is 3. The number of nitrogens with zero attached hydrogens (tertiary/aromatic N) is 5. The second-order valence-electron chi connectivity index (χ2n) is 5.66. The van der Waals surface area contributed by atoms with E-state index < -0.39 is 18.0 Å². The van der Waals surface area contributed by atoms with Gasteiger partial charge in [0.05, 0.1) is 28.5 Å². The zero-order valence-corrected chi connectivity index (χ0v) is 15.1. The largest absolute Gasteiger partial charge is 0.465 e. The third kappa shape index (κ3) is 4.11. The van der Waals surface area contributed by atoms with E-state index in [9.17, 15) is 9.18 Å². The maximum absolute atomic E-state index is 14.8. The fourth-order valence-corrected chi connectivity index (χ4v) is 2.76. The van der Waals surface area contributed by atoms with E-state index in [1.54, 1.807) is 31.0 Å². The maximum atomic E-state index is 14.8. The molecule has 1 amide bonds. The molecule has 9 nitrogen and oxygen atoms in total. The van der Waals surface area contributed by atoms with Crippen LogP contribution >= 0.6 is 11.6 Å². The summed E-state index contributed by atoms with van der Waals surface area (Å²) in [6.45, 7) is 1.56. The van der Waals surface area contributed by atoms with E-state index in [1.807, 2.05) is 0 Å². The van der Waals surface area contributed by atoms with E-state index in [-0.39, 0.29) is 22.4 Å². The van der Waals surface area contributed by atoms with Crippen molar-refractivity contribution in [2.75, 3.05) is 5.32 Å². The molecule has 1 aromatic carbocycles. The zero-order valence-electron chi connectivity index (χ0n) is 14.3. The summed E-state index contributed by atoms with van der Waals surface area (Å²) < 4.78 is 16.4. The van der Waals surface area contributed by atoms with Crippen LogP contribution in [-0.2, 0) is 7.05 Å². The van der Waals surface area contributed by atoms with Crippen LogP contribution in [0.25, 0.3) is 11.4 Å². The molecule has 0 spiro atoms. The molecule has 0 saturated carbocycles. The average Bonchev–Trinajstić information content (AvgIpc) is 3.01. The first kappa shape index (κ1) is 18.5. The van der Waals surface area contributed by atoms with Gasteiger partial charge in [-0.3, -0.25) is 4.68 Å². The van der Waals surface area contributed by atoms with Crippen LogP contribution in [0, 0.1) is 5.82 Å². The Hall–Kier alpha value is -3.27. The molecule has 3 aromatic rings. The molecule has 0 aliphatic heterocycles. The number of halogens is 2. The van der Waals surface area contributed by atoms with E-state index in [0.717, 1.165) is 0 Å². The van der Waals surface area contributed by atoms with Crippen LogP contribution in [0.3, 0.4) is 0 Å². The van der Waals surface area contributed by atoms with E-state index in [4.69, 9.17) is 16.7 Å². The molecule has 0 fully saturated rings. The van der Waals surface area contributed by atoms with Gasteiger partial charge in [-0.2, -0.15) is 10.1 Å². The molecule has 2 heterocycles. The highest BCUT2D eigenvalue weighted by Crippen LogP contribution is 2.32. The number of aryl methyl sites for hydroxylation is 1. The van der Waals surface area contributed by atoms with E-state index in [1.165, 1.54) is 18.5 Å². The number of carboxylic acid groups (broad SMARTS) is 1. The first-order valence-electron chi connectivity index (χ1n) is 7.77. The summed E-state index contributed by atoms with van der Waals surface area (Å²) in [7, 11) is 1.77. The van der Waals surface area contributed by atoms with Crippen molar-refractivity contribution in [3.05, 3.63) is 47.3 Å². The maximum Gasteiger partial charge on any atom is 0.405 e. The minimum Gasteiger partial charge on any atom is -0.465 e. The van der Waals surface area contributed by atoms with Crippen LogP contribution in [0.2, 0.25) is 5.02 Å². The summed E-state index contributed by atoms with van der Waals surface area (Å²) in [6.07, 6.45) is 3.34. The molecule has 2 aromatic heterocycles. The lowest BCUT2D eigenvalue weighted by Gasteiger charge is -2.15. The van der Waals surface area contributed by atoms with Crippen LogP contribution in [0.4, 0.5) is 20.8 Å². The van der Waals surface area contributed by atoms with Gasteiger partial charge in [-0.1, -0.05) is 17.7 Å². The monoisotopic (exact) mass is 391 g/mol. The number of nitrogens with one attached hydrogen (secondary N) is 2. The standard InChI is InChI=1S/C16H15ClFN7O2/c1-8(22-16(26)27)10-3-4-11(13(18)12(10)17)14-19-7-20-15(24-14)23-9-5-21-25(2)6-9/h3-8,22H,1-2H3,(H,26,27)(H,19,20,23,24). The molecule has 1 unspecified atom stereocenters. The third-order valence-corrected chi connectivity index (χ3v) is 4.08. The Morgan fingerprint density at radius 3 is 2.81 bits per heavy atom. The number of amides is 1. The van der Waals surface area contributed by atoms with Crippen molar-refractivity contribution in [3.63, 3.8) is 0 Å². The molecule has 140 valence electrons. The Kier molecular flexibility index (Phi) is 5.17. The molecular formula is C16H15ClFN7O2. The van der Waals surface area contributed by atoms with Gasteiger partial charge >= 0.3 is 6.09 Å². The molecule has 1 atom stereocenters. The summed E-state index contributed by atoms with van der Waals surface area (Å²) in [5, 5.41) is 17.8. The summed E-state index contributed by atoms with van der Waals surface area (Å²) in [5.41, 5.74) is 1.04. The second kappa shape index (κ2) is 7.54. The number of benzene rings is 1. The van der Waals surface area contributed by atoms with Gasteiger partial charge in [0.1, 0.15) is 6.33 Å². The highest BCUT2D eigenvalue weighted by atomic mass is 35.5. The molecule has 27 heavy (non-hydrogen) atoms. The lowest BCUT2D eigenvalue weighted by molar-refractivity contribution is 0.191. The van der Waals surface area contributed by atoms with Crippen LogP contribution in [0.5, 0.6) is 0 Å². The zero-order chi connectivity index (χ0) is 19.6. The summed E-state index contributed by atoms with van der Waals surface area (Å²) in [4.78, 5) is 23.0. The molecule has 0 aliphatic carbocycles. The number of anilines is 2. The lowest BCUT2D eigenvalue weighted by atomic mass is 10.0. The van der Waals surface area contributed by atoms with E-state index >= 15 is 0 Å². The fraction of sp³-hybridized carbons (Fsp3) is 0.188. The SMILES string of the molecule is CC(NC(=O)O)c1ccc(-c2ncnc(Nc3cnn(C)c3)n2)c(F)c1Cl. The molecule has 0 bridgehead atoms. The molecular weight excluding hydrogens is 377 g/mol. The molecule has 0 radical (unpaired) electrons.